The monoisotopic (exact) mass is 430 g/mol. The van der Waals surface area contributed by atoms with Crippen LogP contribution in [0.5, 0.6) is 5.75 Å². The van der Waals surface area contributed by atoms with Crippen LogP contribution < -0.4 is 4.74 Å². The number of rotatable bonds is 4. The normalized spacial score (nSPS) is 22.1. The van der Waals surface area contributed by atoms with E-state index in [1.54, 1.807) is 78.9 Å². The van der Waals surface area contributed by atoms with Gasteiger partial charge in [0.05, 0.1) is 25.7 Å². The Morgan fingerprint density at radius 3 is 2.03 bits per heavy atom. The van der Waals surface area contributed by atoms with Crippen LogP contribution in [0.25, 0.3) is 0 Å². The van der Waals surface area contributed by atoms with Gasteiger partial charge in [0, 0.05) is 5.56 Å². The van der Waals surface area contributed by atoms with Crippen molar-refractivity contribution < 1.29 is 28.6 Å². The highest BCUT2D eigenvalue weighted by molar-refractivity contribution is 6.12. The summed E-state index contributed by atoms with van der Waals surface area (Å²) in [5.74, 6) is -4.16. The van der Waals surface area contributed by atoms with E-state index in [0.29, 0.717) is 11.1 Å². The molecule has 1 aliphatic rings. The molecular weight excluding hydrogens is 408 g/mol. The summed E-state index contributed by atoms with van der Waals surface area (Å²) in [5.41, 5.74) is -0.596. The van der Waals surface area contributed by atoms with Crippen LogP contribution in [0, 0.1) is 5.92 Å². The molecule has 1 aliphatic heterocycles. The Labute approximate surface area is 185 Å². The zero-order valence-corrected chi connectivity index (χ0v) is 17.7. The molecule has 0 fully saturated rings. The van der Waals surface area contributed by atoms with Crippen molar-refractivity contribution in [2.45, 2.75) is 11.5 Å². The summed E-state index contributed by atoms with van der Waals surface area (Å²) in [6, 6.07) is 24.2. The molecule has 0 spiro atoms. The van der Waals surface area contributed by atoms with Gasteiger partial charge in [-0.2, -0.15) is 0 Å². The second-order valence-corrected chi connectivity index (χ2v) is 7.44. The van der Waals surface area contributed by atoms with Crippen molar-refractivity contribution in [2.24, 2.45) is 5.92 Å². The molecule has 32 heavy (non-hydrogen) atoms. The molecule has 0 aromatic heterocycles. The third kappa shape index (κ3) is 3.34. The average Bonchev–Trinajstić information content (AvgIpc) is 2.97. The van der Waals surface area contributed by atoms with Gasteiger partial charge in [-0.3, -0.25) is 9.59 Å². The van der Waals surface area contributed by atoms with Crippen LogP contribution in [0.3, 0.4) is 0 Å². The van der Waals surface area contributed by atoms with Crippen molar-refractivity contribution >= 4 is 17.7 Å². The topological polar surface area (TPSA) is 78.9 Å². The summed E-state index contributed by atoms with van der Waals surface area (Å²) < 4.78 is 16.7. The third-order valence-corrected chi connectivity index (χ3v) is 5.78. The van der Waals surface area contributed by atoms with Crippen LogP contribution in [-0.2, 0) is 24.7 Å². The predicted molar refractivity (Wildman–Crippen MR) is 116 cm³/mol. The standard InChI is InChI=1S/C26H22O6/c1-30-24(28)21-22(17-11-5-3-6-12-17)26(25(29)31-2,18-13-7-4-8-14-18)32-20-16-10-9-15-19(20)23(21)27/h3-16,21-22H,1-2H3/t21-,22-,26+/m1/s1. The Hall–Kier alpha value is -3.93. The van der Waals surface area contributed by atoms with Crippen molar-refractivity contribution in [3.63, 3.8) is 0 Å². The fraction of sp³-hybridized carbons (Fsp3) is 0.192. The summed E-state index contributed by atoms with van der Waals surface area (Å²) in [4.78, 5) is 40.4. The number of esters is 2. The largest absolute Gasteiger partial charge is 0.469 e. The van der Waals surface area contributed by atoms with Gasteiger partial charge in [-0.05, 0) is 17.7 Å². The van der Waals surface area contributed by atoms with Crippen molar-refractivity contribution in [3.8, 4) is 5.75 Å². The first-order valence-corrected chi connectivity index (χ1v) is 10.1. The fourth-order valence-electron chi connectivity index (χ4n) is 4.37. The van der Waals surface area contributed by atoms with E-state index in [4.69, 9.17) is 14.2 Å². The van der Waals surface area contributed by atoms with Crippen LogP contribution in [-0.4, -0.2) is 31.9 Å². The molecule has 6 nitrogen and oxygen atoms in total. The Bertz CT molecular complexity index is 1140. The number of fused-ring (bicyclic) bond motifs is 1. The van der Waals surface area contributed by atoms with Gasteiger partial charge in [0.1, 0.15) is 11.7 Å². The van der Waals surface area contributed by atoms with Crippen molar-refractivity contribution in [2.75, 3.05) is 14.2 Å². The highest BCUT2D eigenvalue weighted by atomic mass is 16.6. The molecule has 6 heteroatoms. The molecule has 0 aliphatic carbocycles. The van der Waals surface area contributed by atoms with Crippen LogP contribution in [0.4, 0.5) is 0 Å². The summed E-state index contributed by atoms with van der Waals surface area (Å²) in [6.07, 6.45) is 0. The molecule has 3 aromatic carbocycles. The quantitative estimate of drug-likeness (QED) is 0.461. The maximum absolute atomic E-state index is 13.7. The Kier molecular flexibility index (Phi) is 5.77. The SMILES string of the molecule is COC(=O)[C@H]1C(=O)c2ccccc2O[C@@](C(=O)OC)(c2ccccc2)[C@@H]1c1ccccc1. The second kappa shape index (κ2) is 8.67. The maximum Gasteiger partial charge on any atom is 0.355 e. The van der Waals surface area contributed by atoms with Gasteiger partial charge in [0.25, 0.3) is 0 Å². The number of para-hydroxylation sites is 1. The van der Waals surface area contributed by atoms with E-state index < -0.39 is 35.2 Å². The van der Waals surface area contributed by atoms with Crippen molar-refractivity contribution in [1.82, 2.24) is 0 Å². The molecule has 0 unspecified atom stereocenters. The molecule has 0 radical (unpaired) electrons. The van der Waals surface area contributed by atoms with E-state index in [1.807, 2.05) is 6.07 Å². The van der Waals surface area contributed by atoms with E-state index in [-0.39, 0.29) is 11.3 Å². The van der Waals surface area contributed by atoms with E-state index in [0.717, 1.165) is 0 Å². The van der Waals surface area contributed by atoms with Gasteiger partial charge >= 0.3 is 11.9 Å². The minimum Gasteiger partial charge on any atom is -0.469 e. The molecule has 0 bridgehead atoms. The van der Waals surface area contributed by atoms with Gasteiger partial charge in [-0.25, -0.2) is 4.79 Å². The van der Waals surface area contributed by atoms with Gasteiger partial charge in [0.15, 0.2) is 5.78 Å². The molecule has 0 saturated carbocycles. The molecule has 0 N–H and O–H groups in total. The number of hydrogen-bond donors (Lipinski definition) is 0. The fourth-order valence-corrected chi connectivity index (χ4v) is 4.37. The molecule has 162 valence electrons. The van der Waals surface area contributed by atoms with E-state index in [9.17, 15) is 14.4 Å². The van der Waals surface area contributed by atoms with Gasteiger partial charge in [0.2, 0.25) is 5.60 Å². The van der Waals surface area contributed by atoms with Crippen LogP contribution in [0.15, 0.2) is 84.9 Å². The molecule has 3 atom stereocenters. The number of methoxy groups -OCH3 is 2. The summed E-state index contributed by atoms with van der Waals surface area (Å²) in [7, 11) is 2.47. The second-order valence-electron chi connectivity index (χ2n) is 7.44. The van der Waals surface area contributed by atoms with Gasteiger partial charge in [-0.15, -0.1) is 0 Å². The molecule has 0 saturated heterocycles. The molecule has 3 aromatic rings. The molecular formula is C26H22O6. The van der Waals surface area contributed by atoms with E-state index in [1.165, 1.54) is 14.2 Å². The average molecular weight is 430 g/mol. The summed E-state index contributed by atoms with van der Waals surface area (Å²) in [6.45, 7) is 0. The lowest BCUT2D eigenvalue weighted by molar-refractivity contribution is -0.165. The maximum atomic E-state index is 13.7. The number of ketones is 1. The lowest BCUT2D eigenvalue weighted by Crippen LogP contribution is -2.51. The van der Waals surface area contributed by atoms with Crippen molar-refractivity contribution in [1.29, 1.82) is 0 Å². The number of benzene rings is 3. The smallest absolute Gasteiger partial charge is 0.355 e. The zero-order valence-electron chi connectivity index (χ0n) is 17.7. The van der Waals surface area contributed by atoms with Crippen LogP contribution in [0.2, 0.25) is 0 Å². The Morgan fingerprint density at radius 1 is 0.812 bits per heavy atom. The Morgan fingerprint density at radius 2 is 1.41 bits per heavy atom. The zero-order chi connectivity index (χ0) is 22.7. The van der Waals surface area contributed by atoms with Gasteiger partial charge in [-0.1, -0.05) is 72.8 Å². The summed E-state index contributed by atoms with van der Waals surface area (Å²) >= 11 is 0. The first-order chi connectivity index (χ1) is 15.5. The summed E-state index contributed by atoms with van der Waals surface area (Å²) in [5, 5.41) is 0. The lowest BCUT2D eigenvalue weighted by atomic mass is 9.69. The highest BCUT2D eigenvalue weighted by Crippen LogP contribution is 2.50. The number of hydrogen-bond acceptors (Lipinski definition) is 6. The first-order valence-electron chi connectivity index (χ1n) is 10.1. The van der Waals surface area contributed by atoms with E-state index >= 15 is 0 Å². The van der Waals surface area contributed by atoms with E-state index in [2.05, 4.69) is 0 Å². The minimum atomic E-state index is -1.82. The number of carbonyl (C=O) groups excluding carboxylic acids is 3. The number of Topliss-reactive ketones (excluding diaryl/α,β-unsaturated/α-hetero) is 1. The number of carbonyl (C=O) groups is 3. The van der Waals surface area contributed by atoms with Crippen LogP contribution in [0.1, 0.15) is 27.4 Å². The predicted octanol–water partition coefficient (Wildman–Crippen LogP) is 3.90. The molecule has 0 amide bonds. The van der Waals surface area contributed by atoms with Crippen molar-refractivity contribution in [3.05, 3.63) is 102 Å². The number of ether oxygens (including phenoxy) is 3. The lowest BCUT2D eigenvalue weighted by Gasteiger charge is -2.39. The Balaban J connectivity index is 2.13. The van der Waals surface area contributed by atoms with Gasteiger partial charge < -0.3 is 14.2 Å². The first kappa shape index (κ1) is 21.3. The molecule has 1 heterocycles. The molecule has 4 rings (SSSR count). The third-order valence-electron chi connectivity index (χ3n) is 5.78. The minimum absolute atomic E-state index is 0.194. The highest BCUT2D eigenvalue weighted by Gasteiger charge is 2.60. The van der Waals surface area contributed by atoms with Crippen LogP contribution >= 0.6 is 0 Å².